The van der Waals surface area contributed by atoms with Crippen LogP contribution in [0.3, 0.4) is 0 Å². The third-order valence-electron chi connectivity index (χ3n) is 7.83. The Morgan fingerprint density at radius 2 is 1.52 bits per heavy atom. The van der Waals surface area contributed by atoms with Gasteiger partial charge < -0.3 is 19.7 Å². The lowest BCUT2D eigenvalue weighted by molar-refractivity contribution is -0.384. The van der Waals surface area contributed by atoms with Gasteiger partial charge in [0.2, 0.25) is 0 Å². The van der Waals surface area contributed by atoms with Crippen LogP contribution in [0.4, 0.5) is 5.69 Å². The van der Waals surface area contributed by atoms with Crippen LogP contribution in [0.25, 0.3) is 0 Å². The Balaban J connectivity index is 0.00000650. The second-order valence-corrected chi connectivity index (χ2v) is 11.7. The van der Waals surface area contributed by atoms with E-state index in [-0.39, 0.29) is 48.2 Å². The third kappa shape index (κ3) is 8.62. The van der Waals surface area contributed by atoms with E-state index in [1.54, 1.807) is 33.8 Å². The minimum Gasteiger partial charge on any atom is -0.466 e. The molecule has 0 radical (unpaired) electrons. The summed E-state index contributed by atoms with van der Waals surface area (Å²) in [4.78, 5) is 39.5. The first-order valence-corrected chi connectivity index (χ1v) is 14.7. The summed E-state index contributed by atoms with van der Waals surface area (Å²) in [6.07, 6.45) is 0.492. The fourth-order valence-corrected chi connectivity index (χ4v) is 5.85. The Bertz CT molecular complexity index is 1670. The molecule has 0 fully saturated rings. The Labute approximate surface area is 281 Å². The van der Waals surface area contributed by atoms with Crippen molar-refractivity contribution >= 4 is 30.0 Å². The summed E-state index contributed by atoms with van der Waals surface area (Å²) in [5.74, 6) is -2.62. The molecule has 0 saturated heterocycles. The highest BCUT2D eigenvalue weighted by Crippen LogP contribution is 2.40. The van der Waals surface area contributed by atoms with Gasteiger partial charge in [-0.25, -0.2) is 9.59 Å². The Hall–Kier alpha value is -4.47. The van der Waals surface area contributed by atoms with Crippen molar-refractivity contribution in [2.45, 2.75) is 51.6 Å². The number of benzene rings is 3. The number of nitrogens with one attached hydrogen (secondary N) is 1. The number of hydrogen-bond donors (Lipinski definition) is 1. The minimum atomic E-state index is -2.49. The van der Waals surface area contributed by atoms with Gasteiger partial charge in [0, 0.05) is 40.1 Å². The summed E-state index contributed by atoms with van der Waals surface area (Å²) < 4.78 is 36.1. The molecule has 4 rings (SSSR count). The molecule has 1 atom stereocenters. The quantitative estimate of drug-likeness (QED) is 0.128. The number of likely N-dealkylation sites (N-methyl/N-ethyl adjacent to an activating group) is 1. The van der Waals surface area contributed by atoms with Gasteiger partial charge in [-0.1, -0.05) is 72.8 Å². The van der Waals surface area contributed by atoms with Gasteiger partial charge in [0.15, 0.2) is 0 Å². The predicted octanol–water partition coefficient (Wildman–Crippen LogP) is 6.90. The van der Waals surface area contributed by atoms with E-state index in [0.717, 1.165) is 11.1 Å². The topological polar surface area (TPSA) is 111 Å². The van der Waals surface area contributed by atoms with Gasteiger partial charge in [-0.2, -0.15) is 0 Å². The number of hydrogen-bond acceptors (Lipinski definition) is 8. The van der Waals surface area contributed by atoms with Crippen LogP contribution in [0.15, 0.2) is 107 Å². The molecule has 0 saturated carbocycles. The van der Waals surface area contributed by atoms with E-state index in [4.69, 9.17) is 13.6 Å². The molecule has 0 bridgehead atoms. The number of nitro benzene ring substituents is 1. The van der Waals surface area contributed by atoms with Crippen LogP contribution in [0.5, 0.6) is 0 Å². The SMILES string of the molecule is Cl.[2H]C([2H])([2H])N(CCC(c1ccccc1)c1ccccc1)CC(C)(C)OC(=O)C1=C(C)NC(C)=C(C(=O)OC)C1c1cccc([N+](=O)[O-])c1. The van der Waals surface area contributed by atoms with Crippen LogP contribution in [-0.4, -0.2) is 54.5 Å². The molecule has 244 valence electrons. The first kappa shape index (κ1) is 31.5. The van der Waals surface area contributed by atoms with E-state index in [2.05, 4.69) is 5.32 Å². The number of non-ortho nitro benzene ring substituents is 1. The number of carbonyl (C=O) groups is 2. The number of methoxy groups -OCH3 is 1. The zero-order chi connectivity index (χ0) is 35.2. The molecule has 3 aromatic rings. The number of rotatable bonds is 12. The van der Waals surface area contributed by atoms with Crippen molar-refractivity contribution in [3.05, 3.63) is 134 Å². The van der Waals surface area contributed by atoms with Gasteiger partial charge >= 0.3 is 11.9 Å². The maximum absolute atomic E-state index is 14.1. The van der Waals surface area contributed by atoms with Crippen molar-refractivity contribution in [1.29, 1.82) is 0 Å². The van der Waals surface area contributed by atoms with E-state index in [0.29, 0.717) is 23.4 Å². The number of allylic oxidation sites excluding steroid dienone is 2. The average molecular weight is 651 g/mol. The smallest absolute Gasteiger partial charge is 0.337 e. The van der Waals surface area contributed by atoms with Gasteiger partial charge in [-0.3, -0.25) is 10.1 Å². The zero-order valence-corrected chi connectivity index (χ0v) is 27.4. The number of nitro groups is 1. The van der Waals surface area contributed by atoms with E-state index < -0.39 is 35.4 Å². The van der Waals surface area contributed by atoms with Crippen LogP contribution in [0.1, 0.15) is 66.8 Å². The van der Waals surface area contributed by atoms with E-state index >= 15 is 0 Å². The second kappa shape index (κ2) is 15.7. The average Bonchev–Trinajstić information content (AvgIpc) is 3.03. The largest absolute Gasteiger partial charge is 0.466 e. The van der Waals surface area contributed by atoms with E-state index in [1.807, 2.05) is 60.7 Å². The second-order valence-electron chi connectivity index (χ2n) is 11.7. The first-order chi connectivity index (χ1) is 22.6. The Morgan fingerprint density at radius 1 is 0.957 bits per heavy atom. The molecule has 1 aliphatic rings. The summed E-state index contributed by atoms with van der Waals surface area (Å²) in [5, 5.41) is 14.7. The monoisotopic (exact) mass is 650 g/mol. The molecule has 0 aromatic heterocycles. The van der Waals surface area contributed by atoms with Gasteiger partial charge in [-0.15, -0.1) is 12.4 Å². The summed E-state index contributed by atoms with van der Waals surface area (Å²) in [5.41, 5.74) is 1.90. The molecule has 3 aromatic carbocycles. The molecule has 1 unspecified atom stereocenters. The highest BCUT2D eigenvalue weighted by atomic mass is 35.5. The van der Waals surface area contributed by atoms with Crippen LogP contribution >= 0.6 is 12.4 Å². The highest BCUT2D eigenvalue weighted by molar-refractivity contribution is 6.00. The standard InChI is InChI=1S/C36H41N3O6.ClH/c1-24-31(34(40)44-6)33(28-18-13-19-29(22-28)39(42)43)32(25(2)37-24)35(41)45-36(3,4)23-38(5)21-20-30(26-14-9-7-10-15-26)27-16-11-8-12-17-27;/h7-19,22,30,33,37H,20-21,23H2,1-6H3;1H/i5D3;. The number of dihydropyridines is 1. The maximum Gasteiger partial charge on any atom is 0.337 e. The number of ether oxygens (including phenoxy) is 2. The number of esters is 2. The van der Waals surface area contributed by atoms with Crippen molar-refractivity contribution in [2.24, 2.45) is 0 Å². The molecule has 0 amide bonds. The fraction of sp³-hybridized carbons (Fsp3) is 0.333. The molecular weight excluding hydrogens is 606 g/mol. The van der Waals surface area contributed by atoms with Gasteiger partial charge in [-0.05, 0) is 64.3 Å². The van der Waals surface area contributed by atoms with Crippen LogP contribution < -0.4 is 5.32 Å². The Kier molecular flexibility index (Phi) is 10.7. The molecule has 1 aliphatic heterocycles. The van der Waals surface area contributed by atoms with Crippen molar-refractivity contribution in [1.82, 2.24) is 10.2 Å². The first-order valence-electron chi connectivity index (χ1n) is 16.2. The molecule has 1 heterocycles. The summed E-state index contributed by atoms with van der Waals surface area (Å²) in [7, 11) is 1.21. The number of carbonyl (C=O) groups excluding carboxylic acids is 2. The lowest BCUT2D eigenvalue weighted by atomic mass is 9.80. The van der Waals surface area contributed by atoms with Gasteiger partial charge in [0.05, 0.1) is 29.1 Å². The molecule has 9 nitrogen and oxygen atoms in total. The minimum absolute atomic E-state index is 0. The molecule has 1 N–H and O–H groups in total. The summed E-state index contributed by atoms with van der Waals surface area (Å²) >= 11 is 0. The molecule has 10 heteroatoms. The van der Waals surface area contributed by atoms with Crippen LogP contribution in [-0.2, 0) is 19.1 Å². The zero-order valence-electron chi connectivity index (χ0n) is 29.6. The third-order valence-corrected chi connectivity index (χ3v) is 7.83. The van der Waals surface area contributed by atoms with Gasteiger partial charge in [0.25, 0.3) is 5.69 Å². The van der Waals surface area contributed by atoms with Crippen molar-refractivity contribution in [2.75, 3.05) is 27.2 Å². The number of halogens is 1. The number of nitrogens with zero attached hydrogens (tertiary/aromatic N) is 2. The van der Waals surface area contributed by atoms with Crippen molar-refractivity contribution in [3.8, 4) is 0 Å². The fourth-order valence-electron chi connectivity index (χ4n) is 5.85. The Morgan fingerprint density at radius 3 is 2.04 bits per heavy atom. The molecular formula is C36H42ClN3O6. The van der Waals surface area contributed by atoms with Crippen LogP contribution in [0, 0.1) is 10.1 Å². The predicted molar refractivity (Wildman–Crippen MR) is 181 cm³/mol. The van der Waals surface area contributed by atoms with Crippen molar-refractivity contribution < 1.29 is 28.1 Å². The molecule has 0 aliphatic carbocycles. The van der Waals surface area contributed by atoms with E-state index in [9.17, 15) is 19.7 Å². The summed E-state index contributed by atoms with van der Waals surface area (Å²) in [6, 6.07) is 25.5. The summed E-state index contributed by atoms with van der Waals surface area (Å²) in [6.45, 7) is 4.13. The van der Waals surface area contributed by atoms with Gasteiger partial charge in [0.1, 0.15) is 5.60 Å². The lowest BCUT2D eigenvalue weighted by Gasteiger charge is -2.34. The molecule has 46 heavy (non-hydrogen) atoms. The normalized spacial score (nSPS) is 16.2. The molecule has 0 spiro atoms. The maximum atomic E-state index is 14.1. The lowest BCUT2D eigenvalue weighted by Crippen LogP contribution is -2.42. The van der Waals surface area contributed by atoms with Crippen molar-refractivity contribution in [3.63, 3.8) is 0 Å². The van der Waals surface area contributed by atoms with Crippen LogP contribution in [0.2, 0.25) is 0 Å². The van der Waals surface area contributed by atoms with E-state index in [1.165, 1.54) is 30.2 Å². The highest BCUT2D eigenvalue weighted by Gasteiger charge is 2.40.